The number of pyridine rings is 1. The second-order valence-corrected chi connectivity index (χ2v) is 7.11. The summed E-state index contributed by atoms with van der Waals surface area (Å²) in [4.78, 5) is 17.2. The lowest BCUT2D eigenvalue weighted by atomic mass is 10.1. The second kappa shape index (κ2) is 9.30. The Kier molecular flexibility index (Phi) is 6.56. The van der Waals surface area contributed by atoms with Gasteiger partial charge in [-0.1, -0.05) is 12.1 Å². The Balaban J connectivity index is 1.81. The number of aromatic nitrogens is 4. The highest BCUT2D eigenvalue weighted by Crippen LogP contribution is 2.26. The van der Waals surface area contributed by atoms with Gasteiger partial charge < -0.3 is 4.52 Å². The molecule has 0 saturated carbocycles. The first kappa shape index (κ1) is 21.2. The third kappa shape index (κ3) is 4.71. The number of allylic oxidation sites excluding steroid dienone is 1. The third-order valence-electron chi connectivity index (χ3n) is 4.78. The fraction of sp³-hybridized carbons (Fsp3) is 0.318. The van der Waals surface area contributed by atoms with E-state index in [1.165, 1.54) is 11.1 Å². The van der Waals surface area contributed by atoms with Crippen LogP contribution in [0.5, 0.6) is 0 Å². The van der Waals surface area contributed by atoms with E-state index in [0.29, 0.717) is 11.5 Å². The molecule has 0 atom stereocenters. The van der Waals surface area contributed by atoms with Crippen molar-refractivity contribution in [3.8, 4) is 11.3 Å². The summed E-state index contributed by atoms with van der Waals surface area (Å²) in [6.07, 6.45) is 7.96. The molecule has 8 nitrogen and oxygen atoms in total. The molecule has 8 heteroatoms. The molecule has 0 fully saturated rings. The summed E-state index contributed by atoms with van der Waals surface area (Å²) in [7, 11) is 0. The lowest BCUT2D eigenvalue weighted by Gasteiger charge is -2.15. The summed E-state index contributed by atoms with van der Waals surface area (Å²) in [5.74, 6) is 0.341. The van der Waals surface area contributed by atoms with Crippen LogP contribution in [0.2, 0.25) is 0 Å². The van der Waals surface area contributed by atoms with Crippen molar-refractivity contribution in [3.05, 3.63) is 59.4 Å². The molecule has 156 valence electrons. The molecule has 0 aromatic carbocycles. The van der Waals surface area contributed by atoms with E-state index in [9.17, 15) is 4.79 Å². The van der Waals surface area contributed by atoms with E-state index >= 15 is 0 Å². The van der Waals surface area contributed by atoms with E-state index in [-0.39, 0.29) is 12.5 Å². The maximum absolute atomic E-state index is 12.8. The van der Waals surface area contributed by atoms with Gasteiger partial charge in [0.2, 0.25) is 0 Å². The van der Waals surface area contributed by atoms with E-state index < -0.39 is 0 Å². The highest BCUT2D eigenvalue weighted by Gasteiger charge is 2.20. The van der Waals surface area contributed by atoms with E-state index in [1.54, 1.807) is 12.4 Å². The highest BCUT2D eigenvalue weighted by molar-refractivity contribution is 5.94. The molecular formula is C22H26N6O2. The van der Waals surface area contributed by atoms with Crippen LogP contribution in [-0.2, 0) is 17.9 Å². The van der Waals surface area contributed by atoms with Crippen LogP contribution >= 0.6 is 0 Å². The number of carbonyl (C=O) groups excluding carboxylic acids is 1. The summed E-state index contributed by atoms with van der Waals surface area (Å²) in [6.45, 7) is 12.3. The number of aryl methyl sites for hydroxylation is 3. The molecule has 3 heterocycles. The van der Waals surface area contributed by atoms with Crippen molar-refractivity contribution in [2.24, 2.45) is 5.10 Å². The molecule has 0 bridgehead atoms. The normalized spacial score (nSPS) is 11.5. The summed E-state index contributed by atoms with van der Waals surface area (Å²) >= 11 is 0. The zero-order chi connectivity index (χ0) is 21.7. The Morgan fingerprint density at radius 1 is 1.33 bits per heavy atom. The zero-order valence-corrected chi connectivity index (χ0v) is 17.8. The molecule has 1 amide bonds. The van der Waals surface area contributed by atoms with Gasteiger partial charge in [-0.25, -0.2) is 5.01 Å². The number of amides is 1. The van der Waals surface area contributed by atoms with Crippen LogP contribution in [0.3, 0.4) is 0 Å². The zero-order valence-electron chi connectivity index (χ0n) is 17.8. The molecule has 3 aromatic rings. The highest BCUT2D eigenvalue weighted by atomic mass is 16.5. The number of carbonyl (C=O) groups is 1. The molecule has 0 aliphatic rings. The van der Waals surface area contributed by atoms with Gasteiger partial charge in [-0.2, -0.15) is 10.2 Å². The van der Waals surface area contributed by atoms with Gasteiger partial charge in [-0.05, 0) is 44.9 Å². The molecule has 0 N–H and O–H groups in total. The van der Waals surface area contributed by atoms with Crippen molar-refractivity contribution in [1.82, 2.24) is 24.9 Å². The minimum absolute atomic E-state index is 0.194. The molecule has 0 aliphatic carbocycles. The maximum atomic E-state index is 12.8. The molecule has 3 aromatic heterocycles. The van der Waals surface area contributed by atoms with Gasteiger partial charge in [-0.3, -0.25) is 14.5 Å². The summed E-state index contributed by atoms with van der Waals surface area (Å²) in [6, 6.07) is 3.83. The Hall–Kier alpha value is -3.55. The first-order valence-electron chi connectivity index (χ1n) is 9.80. The molecule has 0 unspecified atom stereocenters. The summed E-state index contributed by atoms with van der Waals surface area (Å²) in [5, 5.41) is 13.7. The Bertz CT molecular complexity index is 1060. The average molecular weight is 406 g/mol. The van der Waals surface area contributed by atoms with Gasteiger partial charge >= 0.3 is 0 Å². The molecule has 0 saturated heterocycles. The molecule has 3 rings (SSSR count). The lowest BCUT2D eigenvalue weighted by molar-refractivity contribution is -0.126. The van der Waals surface area contributed by atoms with Crippen LogP contribution in [-0.4, -0.2) is 37.6 Å². The summed E-state index contributed by atoms with van der Waals surface area (Å²) < 4.78 is 7.24. The predicted octanol–water partition coefficient (Wildman–Crippen LogP) is 4.01. The van der Waals surface area contributed by atoms with E-state index in [4.69, 9.17) is 4.52 Å². The quantitative estimate of drug-likeness (QED) is 0.320. The molecule has 0 radical (unpaired) electrons. The number of hydrogen-bond donors (Lipinski definition) is 0. The summed E-state index contributed by atoms with van der Waals surface area (Å²) in [5.41, 5.74) is 4.84. The van der Waals surface area contributed by atoms with Gasteiger partial charge in [0.15, 0.2) is 0 Å². The molecule has 0 spiro atoms. The number of nitrogens with zero attached hydrogens (tertiary/aromatic N) is 6. The van der Waals surface area contributed by atoms with Gasteiger partial charge in [-0.15, -0.1) is 0 Å². The Morgan fingerprint density at radius 2 is 2.13 bits per heavy atom. The van der Waals surface area contributed by atoms with E-state index in [1.807, 2.05) is 43.8 Å². The van der Waals surface area contributed by atoms with Gasteiger partial charge in [0.05, 0.1) is 12.7 Å². The van der Waals surface area contributed by atoms with E-state index in [0.717, 1.165) is 40.9 Å². The molecular weight excluding hydrogens is 380 g/mol. The smallest absolute Gasteiger partial charge is 0.267 e. The standard InChI is InChI=1S/C22H26N6O2/c1-6-9-27-13-19(12-25-27)15(2)10-21(29)28(23-5)14-20-17(4)30-26-22(20)18-8-7-16(3)24-11-18/h7-8,10-13H,5-6,9,14H2,1-4H3/b15-10+. The first-order chi connectivity index (χ1) is 14.4. The van der Waals surface area contributed by atoms with Crippen molar-refractivity contribution in [2.45, 2.75) is 47.2 Å². The number of hydrazone groups is 1. The van der Waals surface area contributed by atoms with Gasteiger partial charge in [0.25, 0.3) is 5.91 Å². The first-order valence-corrected chi connectivity index (χ1v) is 9.80. The number of rotatable bonds is 8. The largest absolute Gasteiger partial charge is 0.361 e. The van der Waals surface area contributed by atoms with Crippen LogP contribution < -0.4 is 0 Å². The van der Waals surface area contributed by atoms with Crippen molar-refractivity contribution >= 4 is 18.2 Å². The second-order valence-electron chi connectivity index (χ2n) is 7.11. The van der Waals surface area contributed by atoms with Crippen LogP contribution in [0, 0.1) is 13.8 Å². The topological polar surface area (TPSA) is 89.4 Å². The minimum Gasteiger partial charge on any atom is -0.361 e. The van der Waals surface area contributed by atoms with Crippen molar-refractivity contribution in [2.75, 3.05) is 0 Å². The Morgan fingerprint density at radius 3 is 2.80 bits per heavy atom. The van der Waals surface area contributed by atoms with Crippen molar-refractivity contribution in [3.63, 3.8) is 0 Å². The average Bonchev–Trinajstić information content (AvgIpc) is 3.34. The Labute approximate surface area is 175 Å². The van der Waals surface area contributed by atoms with Crippen molar-refractivity contribution < 1.29 is 9.32 Å². The van der Waals surface area contributed by atoms with E-state index in [2.05, 4.69) is 34.0 Å². The SMILES string of the molecule is C=NN(Cc1c(-c2ccc(C)nc2)noc1C)C(=O)/C=C(\C)c1cnn(CCC)c1. The van der Waals surface area contributed by atoms with Crippen LogP contribution in [0.4, 0.5) is 0 Å². The third-order valence-corrected chi connectivity index (χ3v) is 4.78. The maximum Gasteiger partial charge on any atom is 0.267 e. The van der Waals surface area contributed by atoms with Crippen LogP contribution in [0.1, 0.15) is 42.8 Å². The van der Waals surface area contributed by atoms with Gasteiger partial charge in [0, 0.05) is 54.1 Å². The predicted molar refractivity (Wildman–Crippen MR) is 115 cm³/mol. The molecule has 30 heavy (non-hydrogen) atoms. The van der Waals surface area contributed by atoms with Crippen LogP contribution in [0.15, 0.2) is 46.4 Å². The lowest BCUT2D eigenvalue weighted by Crippen LogP contribution is -2.23. The number of hydrogen-bond acceptors (Lipinski definition) is 6. The monoisotopic (exact) mass is 406 g/mol. The minimum atomic E-state index is -0.278. The van der Waals surface area contributed by atoms with Crippen LogP contribution in [0.25, 0.3) is 16.8 Å². The fourth-order valence-electron chi connectivity index (χ4n) is 3.02. The fourth-order valence-corrected chi connectivity index (χ4v) is 3.02. The van der Waals surface area contributed by atoms with Crippen molar-refractivity contribution in [1.29, 1.82) is 0 Å². The molecule has 0 aliphatic heterocycles. The van der Waals surface area contributed by atoms with Gasteiger partial charge in [0.1, 0.15) is 11.5 Å².